The summed E-state index contributed by atoms with van der Waals surface area (Å²) in [4.78, 5) is 15.4. The summed E-state index contributed by atoms with van der Waals surface area (Å²) < 4.78 is 43.9. The van der Waals surface area contributed by atoms with Crippen molar-refractivity contribution < 1.29 is 22.7 Å². The largest absolute Gasteiger partial charge is 0.416 e. The number of thiocarbonyl (C=S) groups is 1. The molecule has 5 nitrogen and oxygen atoms in total. The minimum atomic E-state index is -4.40. The van der Waals surface area contributed by atoms with Crippen LogP contribution in [-0.2, 0) is 10.9 Å². The van der Waals surface area contributed by atoms with Crippen LogP contribution in [0.15, 0.2) is 71.8 Å². The van der Waals surface area contributed by atoms with Crippen LogP contribution >= 0.6 is 12.2 Å². The van der Waals surface area contributed by atoms with Gasteiger partial charge in [-0.3, -0.25) is 4.79 Å². The highest BCUT2D eigenvalue weighted by Gasteiger charge is 2.30. The standard InChI is InChI=1S/C28H30F3N3O2S/c1-36-16-4-14-32-27(37)34-15-13-20-17-23(12-9-21(20)18-34)33-26(35)25-6-3-2-5-24(25)19-7-10-22(11-8-19)28(29,30)31/h2-3,5-12,23H,4,13-18H2,1H3,(H,32,37)(H,33,35). The van der Waals surface area contributed by atoms with Crippen LogP contribution in [0.25, 0.3) is 11.1 Å². The van der Waals surface area contributed by atoms with Gasteiger partial charge >= 0.3 is 6.18 Å². The van der Waals surface area contributed by atoms with Crippen LogP contribution in [0.1, 0.15) is 35.2 Å². The molecule has 0 fully saturated rings. The maximum atomic E-state index is 13.2. The molecule has 0 saturated heterocycles. The van der Waals surface area contributed by atoms with Crippen LogP contribution in [-0.4, -0.2) is 55.3 Å². The molecule has 0 saturated carbocycles. The Hall–Kier alpha value is -3.17. The number of alkyl halides is 3. The molecule has 0 aromatic heterocycles. The van der Waals surface area contributed by atoms with Gasteiger partial charge in [0.1, 0.15) is 0 Å². The van der Waals surface area contributed by atoms with E-state index in [-0.39, 0.29) is 11.9 Å². The summed E-state index contributed by atoms with van der Waals surface area (Å²) in [7, 11) is 1.68. The molecule has 1 amide bonds. The van der Waals surface area contributed by atoms with Crippen LogP contribution < -0.4 is 10.6 Å². The summed E-state index contributed by atoms with van der Waals surface area (Å²) in [6, 6.07) is 11.7. The van der Waals surface area contributed by atoms with Crippen molar-refractivity contribution in [1.82, 2.24) is 15.5 Å². The minimum absolute atomic E-state index is 0.155. The lowest BCUT2D eigenvalue weighted by Crippen LogP contribution is -2.45. The van der Waals surface area contributed by atoms with Gasteiger partial charge in [0.2, 0.25) is 0 Å². The van der Waals surface area contributed by atoms with Crippen LogP contribution in [0.5, 0.6) is 0 Å². The first-order valence-corrected chi connectivity index (χ1v) is 12.7. The zero-order valence-corrected chi connectivity index (χ0v) is 21.4. The molecular weight excluding hydrogens is 499 g/mol. The third kappa shape index (κ3) is 6.78. The summed E-state index contributed by atoms with van der Waals surface area (Å²) in [5.41, 5.74) is 3.39. The van der Waals surface area contributed by atoms with Gasteiger partial charge in [0.25, 0.3) is 5.91 Å². The van der Waals surface area contributed by atoms with E-state index < -0.39 is 11.7 Å². The molecule has 0 spiro atoms. The van der Waals surface area contributed by atoms with Gasteiger partial charge in [0, 0.05) is 38.9 Å². The number of ether oxygens (including phenoxy) is 1. The molecule has 2 aromatic rings. The van der Waals surface area contributed by atoms with Crippen LogP contribution in [0, 0.1) is 0 Å². The fourth-order valence-corrected chi connectivity index (χ4v) is 4.87. The molecule has 1 atom stereocenters. The maximum absolute atomic E-state index is 13.2. The van der Waals surface area contributed by atoms with Gasteiger partial charge in [-0.05, 0) is 66.4 Å². The van der Waals surface area contributed by atoms with Crippen molar-refractivity contribution >= 4 is 23.2 Å². The summed E-state index contributed by atoms with van der Waals surface area (Å²) in [5, 5.41) is 7.11. The Bertz CT molecular complexity index is 1190. The molecule has 0 radical (unpaired) electrons. The Labute approximate surface area is 220 Å². The monoisotopic (exact) mass is 529 g/mol. The predicted molar refractivity (Wildman–Crippen MR) is 142 cm³/mol. The van der Waals surface area contributed by atoms with Crippen molar-refractivity contribution in [2.24, 2.45) is 0 Å². The molecule has 1 unspecified atom stereocenters. The number of carbonyl (C=O) groups is 1. The van der Waals surface area contributed by atoms with Crippen LogP contribution in [0.3, 0.4) is 0 Å². The van der Waals surface area contributed by atoms with E-state index in [0.29, 0.717) is 23.3 Å². The molecule has 9 heteroatoms. The first-order valence-electron chi connectivity index (χ1n) is 12.2. The molecular formula is C28H30F3N3O2S. The SMILES string of the molecule is COCCCNC(=S)N1CCC2=C(C=CC(NC(=O)c3ccccc3-c3ccc(C(F)(F)F)cc3)C2)C1. The fourth-order valence-electron chi connectivity index (χ4n) is 4.61. The van der Waals surface area contributed by atoms with Crippen LogP contribution in [0.2, 0.25) is 0 Å². The molecule has 4 rings (SSSR count). The Morgan fingerprint density at radius 1 is 1.16 bits per heavy atom. The van der Waals surface area contributed by atoms with Crippen molar-refractivity contribution in [2.45, 2.75) is 31.5 Å². The number of carbonyl (C=O) groups excluding carboxylic acids is 1. The number of hydrogen-bond donors (Lipinski definition) is 2. The average molecular weight is 530 g/mol. The molecule has 37 heavy (non-hydrogen) atoms. The summed E-state index contributed by atoms with van der Waals surface area (Å²) in [6.07, 6.45) is 2.14. The Morgan fingerprint density at radius 2 is 1.92 bits per heavy atom. The lowest BCUT2D eigenvalue weighted by atomic mass is 9.89. The average Bonchev–Trinajstić information content (AvgIpc) is 2.90. The second kappa shape index (κ2) is 11.9. The molecule has 1 aliphatic heterocycles. The van der Waals surface area contributed by atoms with E-state index in [1.807, 2.05) is 6.08 Å². The Balaban J connectivity index is 1.38. The van der Waals surface area contributed by atoms with Gasteiger partial charge in [-0.25, -0.2) is 0 Å². The number of benzene rings is 2. The van der Waals surface area contributed by atoms with Crippen molar-refractivity contribution in [1.29, 1.82) is 0 Å². The smallest absolute Gasteiger partial charge is 0.385 e. The summed E-state index contributed by atoms with van der Waals surface area (Å²) >= 11 is 5.54. The normalized spacial score (nSPS) is 17.4. The summed E-state index contributed by atoms with van der Waals surface area (Å²) in [6.45, 7) is 3.02. The van der Waals surface area contributed by atoms with Crippen LogP contribution in [0.4, 0.5) is 13.2 Å². The fraction of sp³-hybridized carbons (Fsp3) is 0.357. The number of nitrogens with one attached hydrogen (secondary N) is 2. The summed E-state index contributed by atoms with van der Waals surface area (Å²) in [5.74, 6) is -0.256. The number of nitrogens with zero attached hydrogens (tertiary/aromatic N) is 1. The van der Waals surface area contributed by atoms with E-state index in [1.54, 1.807) is 31.4 Å². The van der Waals surface area contributed by atoms with Crippen molar-refractivity contribution in [2.75, 3.05) is 33.4 Å². The molecule has 2 aromatic carbocycles. The Kier molecular flexibility index (Phi) is 8.66. The number of hydrogen-bond acceptors (Lipinski definition) is 3. The third-order valence-corrected chi connectivity index (χ3v) is 7.00. The molecule has 2 aliphatic rings. The zero-order valence-electron chi connectivity index (χ0n) is 20.6. The van der Waals surface area contributed by atoms with Crippen molar-refractivity contribution in [3.05, 3.63) is 83.0 Å². The minimum Gasteiger partial charge on any atom is -0.385 e. The highest BCUT2D eigenvalue weighted by molar-refractivity contribution is 7.80. The van der Waals surface area contributed by atoms with E-state index in [2.05, 4.69) is 21.6 Å². The lowest BCUT2D eigenvalue weighted by Gasteiger charge is -2.35. The van der Waals surface area contributed by atoms with E-state index in [4.69, 9.17) is 17.0 Å². The van der Waals surface area contributed by atoms with Gasteiger partial charge in [-0.1, -0.05) is 48.1 Å². The number of methoxy groups -OCH3 is 1. The highest BCUT2D eigenvalue weighted by Crippen LogP contribution is 2.32. The van der Waals surface area contributed by atoms with Crippen molar-refractivity contribution in [3.63, 3.8) is 0 Å². The molecule has 0 bridgehead atoms. The van der Waals surface area contributed by atoms with Gasteiger partial charge in [-0.2, -0.15) is 13.2 Å². The second-order valence-electron chi connectivity index (χ2n) is 9.14. The quantitative estimate of drug-likeness (QED) is 0.375. The van der Waals surface area contributed by atoms with Crippen molar-refractivity contribution in [3.8, 4) is 11.1 Å². The van der Waals surface area contributed by atoms with E-state index >= 15 is 0 Å². The van der Waals surface area contributed by atoms with Gasteiger partial charge < -0.3 is 20.3 Å². The number of halogens is 3. The highest BCUT2D eigenvalue weighted by atomic mass is 32.1. The topological polar surface area (TPSA) is 53.6 Å². The zero-order chi connectivity index (χ0) is 26.4. The van der Waals surface area contributed by atoms with Gasteiger partial charge in [0.15, 0.2) is 5.11 Å². The molecule has 2 N–H and O–H groups in total. The first-order chi connectivity index (χ1) is 17.8. The Morgan fingerprint density at radius 3 is 2.65 bits per heavy atom. The lowest BCUT2D eigenvalue weighted by molar-refractivity contribution is -0.137. The predicted octanol–water partition coefficient (Wildman–Crippen LogP) is 5.34. The molecule has 1 aliphatic carbocycles. The van der Waals surface area contributed by atoms with E-state index in [1.165, 1.54) is 23.3 Å². The third-order valence-electron chi connectivity index (χ3n) is 6.59. The number of rotatable bonds is 7. The molecule has 1 heterocycles. The maximum Gasteiger partial charge on any atom is 0.416 e. The van der Waals surface area contributed by atoms with Gasteiger partial charge in [0.05, 0.1) is 11.6 Å². The second-order valence-corrected chi connectivity index (χ2v) is 9.53. The number of amides is 1. The van der Waals surface area contributed by atoms with E-state index in [9.17, 15) is 18.0 Å². The van der Waals surface area contributed by atoms with Gasteiger partial charge in [-0.15, -0.1) is 0 Å². The van der Waals surface area contributed by atoms with E-state index in [0.717, 1.165) is 56.1 Å². The molecule has 196 valence electrons. The first kappa shape index (κ1) is 26.9.